The number of likely N-dealkylation sites (N-methyl/N-ethyl adjacent to an activating group) is 1. The van der Waals surface area contributed by atoms with Crippen LogP contribution in [-0.4, -0.2) is 23.5 Å². The lowest BCUT2D eigenvalue weighted by atomic mass is 10.2. The van der Waals surface area contributed by atoms with Crippen LogP contribution in [0, 0.1) is 11.6 Å². The normalized spacial score (nSPS) is 10.7. The molecule has 0 unspecified atom stereocenters. The van der Waals surface area contributed by atoms with E-state index < -0.39 is 11.6 Å². The fourth-order valence-electron chi connectivity index (χ4n) is 1.28. The topological polar surface area (TPSA) is 29.3 Å². The zero-order valence-corrected chi connectivity index (χ0v) is 9.15. The molecule has 1 rings (SSSR count). The second-order valence-corrected chi connectivity index (χ2v) is 3.90. The maximum Gasteiger partial charge on any atom is 0.127 e. The van der Waals surface area contributed by atoms with E-state index in [0.29, 0.717) is 17.1 Å². The van der Waals surface area contributed by atoms with Crippen LogP contribution in [0.3, 0.4) is 0 Å². The molecule has 0 spiro atoms. The first kappa shape index (κ1) is 12.0. The average Bonchev–Trinajstić information content (AvgIpc) is 2.10. The fraction of sp³-hybridized carbons (Fsp3) is 0.300. The van der Waals surface area contributed by atoms with Crippen LogP contribution in [0.4, 0.5) is 8.78 Å². The van der Waals surface area contributed by atoms with E-state index in [-0.39, 0.29) is 6.54 Å². The summed E-state index contributed by atoms with van der Waals surface area (Å²) in [5.74, 6) is -0.874. The Morgan fingerprint density at radius 3 is 2.73 bits per heavy atom. The standard InChI is InChI=1S/C10H12F2N2S/c1-14(6-10(13)15)5-7-4-8(11)2-3-9(7)12/h2-4H,5-6H2,1H3,(H2,13,15). The predicted molar refractivity (Wildman–Crippen MR) is 59.5 cm³/mol. The summed E-state index contributed by atoms with van der Waals surface area (Å²) < 4.78 is 26.0. The molecule has 0 aliphatic rings. The zero-order chi connectivity index (χ0) is 11.4. The number of rotatable bonds is 4. The second kappa shape index (κ2) is 5.14. The monoisotopic (exact) mass is 230 g/mol. The smallest absolute Gasteiger partial charge is 0.127 e. The van der Waals surface area contributed by atoms with Crippen LogP contribution in [0.2, 0.25) is 0 Å². The minimum atomic E-state index is -0.449. The molecule has 0 saturated carbocycles. The number of benzene rings is 1. The van der Waals surface area contributed by atoms with Crippen molar-refractivity contribution in [2.45, 2.75) is 6.54 Å². The molecule has 0 fully saturated rings. The van der Waals surface area contributed by atoms with Crippen LogP contribution < -0.4 is 5.73 Å². The highest BCUT2D eigenvalue weighted by atomic mass is 32.1. The molecule has 0 aliphatic heterocycles. The van der Waals surface area contributed by atoms with Crippen molar-refractivity contribution in [3.63, 3.8) is 0 Å². The van der Waals surface area contributed by atoms with Gasteiger partial charge in [-0.05, 0) is 25.2 Å². The van der Waals surface area contributed by atoms with E-state index in [0.717, 1.165) is 12.1 Å². The van der Waals surface area contributed by atoms with Crippen LogP contribution in [-0.2, 0) is 6.54 Å². The average molecular weight is 230 g/mol. The Bertz CT molecular complexity index is 368. The fourth-order valence-corrected chi connectivity index (χ4v) is 1.50. The second-order valence-electron chi connectivity index (χ2n) is 3.37. The van der Waals surface area contributed by atoms with Crippen LogP contribution in [0.25, 0.3) is 0 Å². The van der Waals surface area contributed by atoms with Crippen molar-refractivity contribution in [1.82, 2.24) is 4.90 Å². The minimum absolute atomic E-state index is 0.279. The number of nitrogens with zero attached hydrogens (tertiary/aromatic N) is 1. The van der Waals surface area contributed by atoms with Crippen molar-refractivity contribution in [2.24, 2.45) is 5.73 Å². The molecule has 0 bridgehead atoms. The minimum Gasteiger partial charge on any atom is -0.392 e. The van der Waals surface area contributed by atoms with Crippen LogP contribution in [0.15, 0.2) is 18.2 Å². The van der Waals surface area contributed by atoms with Crippen molar-refractivity contribution < 1.29 is 8.78 Å². The van der Waals surface area contributed by atoms with Gasteiger partial charge >= 0.3 is 0 Å². The van der Waals surface area contributed by atoms with Crippen LogP contribution in [0.5, 0.6) is 0 Å². The summed E-state index contributed by atoms with van der Waals surface area (Å²) >= 11 is 4.71. The van der Waals surface area contributed by atoms with Crippen molar-refractivity contribution in [2.75, 3.05) is 13.6 Å². The summed E-state index contributed by atoms with van der Waals surface area (Å²) in [7, 11) is 1.74. The van der Waals surface area contributed by atoms with Gasteiger partial charge in [0.05, 0.1) is 4.99 Å². The predicted octanol–water partition coefficient (Wildman–Crippen LogP) is 1.68. The maximum atomic E-state index is 13.2. The molecule has 2 nitrogen and oxygen atoms in total. The van der Waals surface area contributed by atoms with Crippen LogP contribution in [0.1, 0.15) is 5.56 Å². The third-order valence-corrected chi connectivity index (χ3v) is 2.00. The summed E-state index contributed by atoms with van der Waals surface area (Å²) in [6.45, 7) is 0.659. The Morgan fingerprint density at radius 2 is 2.13 bits per heavy atom. The van der Waals surface area contributed by atoms with Gasteiger partial charge in [-0.2, -0.15) is 0 Å². The molecule has 0 amide bonds. The van der Waals surface area contributed by atoms with Gasteiger partial charge in [0, 0.05) is 18.7 Å². The van der Waals surface area contributed by atoms with Gasteiger partial charge in [-0.3, -0.25) is 4.90 Å². The molecular weight excluding hydrogens is 218 g/mol. The van der Waals surface area contributed by atoms with Gasteiger partial charge in [0.15, 0.2) is 0 Å². The Labute approximate surface area is 92.7 Å². The third kappa shape index (κ3) is 3.89. The molecule has 0 atom stereocenters. The molecule has 0 saturated heterocycles. The summed E-state index contributed by atoms with van der Waals surface area (Å²) in [4.78, 5) is 2.05. The molecule has 1 aromatic carbocycles. The number of hydrogen-bond donors (Lipinski definition) is 1. The van der Waals surface area contributed by atoms with Crippen LogP contribution >= 0.6 is 12.2 Å². The lowest BCUT2D eigenvalue weighted by molar-refractivity contribution is 0.365. The number of halogens is 2. The molecule has 2 N–H and O–H groups in total. The molecule has 0 aliphatic carbocycles. The number of nitrogens with two attached hydrogens (primary N) is 1. The van der Waals surface area contributed by atoms with E-state index in [1.54, 1.807) is 11.9 Å². The summed E-state index contributed by atoms with van der Waals surface area (Å²) in [6.07, 6.45) is 0. The molecule has 0 heterocycles. The van der Waals surface area contributed by atoms with Gasteiger partial charge in [-0.1, -0.05) is 12.2 Å². The molecule has 5 heteroatoms. The highest BCUT2D eigenvalue weighted by Gasteiger charge is 2.07. The quantitative estimate of drug-likeness (QED) is 0.798. The van der Waals surface area contributed by atoms with Gasteiger partial charge in [0.1, 0.15) is 11.6 Å². The van der Waals surface area contributed by atoms with E-state index in [9.17, 15) is 8.78 Å². The highest BCUT2D eigenvalue weighted by Crippen LogP contribution is 2.11. The maximum absolute atomic E-state index is 13.2. The van der Waals surface area contributed by atoms with E-state index in [4.69, 9.17) is 18.0 Å². The largest absolute Gasteiger partial charge is 0.392 e. The lowest BCUT2D eigenvalue weighted by Gasteiger charge is -2.15. The Kier molecular flexibility index (Phi) is 4.11. The molecular formula is C10H12F2N2S. The van der Waals surface area contributed by atoms with E-state index in [1.165, 1.54) is 6.07 Å². The summed E-state index contributed by atoms with van der Waals surface area (Å²) in [6, 6.07) is 3.37. The molecule has 82 valence electrons. The van der Waals surface area contributed by atoms with E-state index >= 15 is 0 Å². The molecule has 1 aromatic rings. The highest BCUT2D eigenvalue weighted by molar-refractivity contribution is 7.80. The number of thiocarbonyl (C=S) groups is 1. The van der Waals surface area contributed by atoms with Gasteiger partial charge in [-0.15, -0.1) is 0 Å². The van der Waals surface area contributed by atoms with E-state index in [1.807, 2.05) is 0 Å². The van der Waals surface area contributed by atoms with Gasteiger partial charge in [-0.25, -0.2) is 8.78 Å². The summed E-state index contributed by atoms with van der Waals surface area (Å²) in [5.41, 5.74) is 5.64. The first-order valence-corrected chi connectivity index (χ1v) is 4.80. The zero-order valence-electron chi connectivity index (χ0n) is 8.34. The molecule has 15 heavy (non-hydrogen) atoms. The van der Waals surface area contributed by atoms with Gasteiger partial charge in [0.25, 0.3) is 0 Å². The van der Waals surface area contributed by atoms with Crippen molar-refractivity contribution >= 4 is 17.2 Å². The van der Waals surface area contributed by atoms with Gasteiger partial charge < -0.3 is 5.73 Å². The van der Waals surface area contributed by atoms with Gasteiger partial charge in [0.2, 0.25) is 0 Å². The van der Waals surface area contributed by atoms with Crippen molar-refractivity contribution in [3.05, 3.63) is 35.4 Å². The van der Waals surface area contributed by atoms with E-state index in [2.05, 4.69) is 0 Å². The Hall–Kier alpha value is -1.07. The SMILES string of the molecule is CN(CC(N)=S)Cc1cc(F)ccc1F. The van der Waals surface area contributed by atoms with Crippen molar-refractivity contribution in [1.29, 1.82) is 0 Å². The third-order valence-electron chi connectivity index (χ3n) is 1.87. The van der Waals surface area contributed by atoms with Crippen molar-refractivity contribution in [3.8, 4) is 0 Å². The lowest BCUT2D eigenvalue weighted by Crippen LogP contribution is -2.29. The summed E-state index contributed by atoms with van der Waals surface area (Å²) in [5, 5.41) is 0. The first-order valence-electron chi connectivity index (χ1n) is 4.40. The molecule has 0 radical (unpaired) electrons. The molecule has 0 aromatic heterocycles. The Balaban J connectivity index is 2.71. The first-order chi connectivity index (χ1) is 6.99. The number of hydrogen-bond acceptors (Lipinski definition) is 2. The Morgan fingerprint density at radius 1 is 1.47 bits per heavy atom.